The van der Waals surface area contributed by atoms with Gasteiger partial charge in [-0.25, -0.2) is 8.42 Å². The van der Waals surface area contributed by atoms with Gasteiger partial charge in [-0.1, -0.05) is 18.2 Å². The van der Waals surface area contributed by atoms with Crippen molar-refractivity contribution in [2.24, 2.45) is 0 Å². The number of rotatable bonds is 12. The van der Waals surface area contributed by atoms with E-state index in [1.54, 1.807) is 30.3 Å². The third kappa shape index (κ3) is 7.32. The topological polar surface area (TPSA) is 130 Å². The monoisotopic (exact) mass is 452 g/mol. The first-order valence-electron chi connectivity index (χ1n) is 9.16. The van der Waals surface area contributed by atoms with Gasteiger partial charge in [0.2, 0.25) is 15.9 Å². The minimum absolute atomic E-state index is 0.00353. The molecule has 0 fully saturated rings. The van der Waals surface area contributed by atoms with Crippen LogP contribution in [0.25, 0.3) is 0 Å². The second-order valence-electron chi connectivity index (χ2n) is 6.29. The molecule has 0 spiro atoms. The second kappa shape index (κ2) is 11.5. The molecular weight excluding hydrogens is 428 g/mol. The third-order valence-corrected chi connectivity index (χ3v) is 6.24. The Bertz CT molecular complexity index is 937. The standard InChI is InChI=1S/C19H24N4O5S2/c1-29-14-11-18(22-30(27,28)17-5-3-2-4-6-17)19(24)21-13-12-20-15-7-9-16(10-8-15)23(25)26/h2-10,18,20,22H,11-14H2,1H3,(H,21,24). The fourth-order valence-corrected chi connectivity index (χ4v) is 4.27. The lowest BCUT2D eigenvalue weighted by atomic mass is 10.2. The van der Waals surface area contributed by atoms with E-state index in [1.807, 2.05) is 6.26 Å². The molecular formula is C19H24N4O5S2. The average molecular weight is 453 g/mol. The molecule has 11 heteroatoms. The van der Waals surface area contributed by atoms with E-state index >= 15 is 0 Å². The maximum absolute atomic E-state index is 12.5. The van der Waals surface area contributed by atoms with Gasteiger partial charge in [-0.2, -0.15) is 16.5 Å². The molecule has 0 aliphatic rings. The molecule has 1 atom stereocenters. The van der Waals surface area contributed by atoms with E-state index in [2.05, 4.69) is 15.4 Å². The van der Waals surface area contributed by atoms with Gasteiger partial charge in [-0.05, 0) is 42.7 Å². The van der Waals surface area contributed by atoms with Crippen LogP contribution < -0.4 is 15.4 Å². The Morgan fingerprint density at radius 1 is 1.10 bits per heavy atom. The van der Waals surface area contributed by atoms with Gasteiger partial charge >= 0.3 is 0 Å². The summed E-state index contributed by atoms with van der Waals surface area (Å²) in [6.45, 7) is 0.642. The number of nitro groups is 1. The van der Waals surface area contributed by atoms with Crippen molar-refractivity contribution in [3.05, 3.63) is 64.7 Å². The van der Waals surface area contributed by atoms with Gasteiger partial charge in [0.25, 0.3) is 5.69 Å². The number of anilines is 1. The SMILES string of the molecule is CSCCC(NS(=O)(=O)c1ccccc1)C(=O)NCCNc1ccc([N+](=O)[O-])cc1. The van der Waals surface area contributed by atoms with Crippen LogP contribution in [0.3, 0.4) is 0 Å². The molecule has 0 heterocycles. The molecule has 2 rings (SSSR count). The maximum Gasteiger partial charge on any atom is 0.269 e. The molecule has 0 saturated heterocycles. The first kappa shape index (κ1) is 23.6. The van der Waals surface area contributed by atoms with Gasteiger partial charge in [0.1, 0.15) is 6.04 Å². The highest BCUT2D eigenvalue weighted by Gasteiger charge is 2.25. The summed E-state index contributed by atoms with van der Waals surface area (Å²) in [5.74, 6) is 0.213. The molecule has 3 N–H and O–H groups in total. The number of carbonyl (C=O) groups is 1. The fraction of sp³-hybridized carbons (Fsp3) is 0.316. The summed E-state index contributed by atoms with van der Waals surface area (Å²) in [6, 6.07) is 12.9. The van der Waals surface area contributed by atoms with Crippen molar-refractivity contribution in [2.45, 2.75) is 17.4 Å². The fourth-order valence-electron chi connectivity index (χ4n) is 2.55. The van der Waals surface area contributed by atoms with E-state index in [0.29, 0.717) is 24.4 Å². The second-order valence-corrected chi connectivity index (χ2v) is 8.99. The summed E-state index contributed by atoms with van der Waals surface area (Å²) in [5.41, 5.74) is 0.676. The Morgan fingerprint density at radius 2 is 1.77 bits per heavy atom. The van der Waals surface area contributed by atoms with Crippen LogP contribution in [0.4, 0.5) is 11.4 Å². The largest absolute Gasteiger partial charge is 0.383 e. The van der Waals surface area contributed by atoms with E-state index in [0.717, 1.165) is 0 Å². The summed E-state index contributed by atoms with van der Waals surface area (Å²) >= 11 is 1.52. The Labute approximate surface area is 179 Å². The lowest BCUT2D eigenvalue weighted by molar-refractivity contribution is -0.384. The van der Waals surface area contributed by atoms with Crippen LogP contribution in [0, 0.1) is 10.1 Å². The van der Waals surface area contributed by atoms with Gasteiger partial charge in [-0.3, -0.25) is 14.9 Å². The van der Waals surface area contributed by atoms with Crippen molar-refractivity contribution >= 4 is 39.1 Å². The lowest BCUT2D eigenvalue weighted by Crippen LogP contribution is -2.47. The Morgan fingerprint density at radius 3 is 2.37 bits per heavy atom. The van der Waals surface area contributed by atoms with Crippen molar-refractivity contribution in [2.75, 3.05) is 30.4 Å². The molecule has 0 aliphatic heterocycles. The van der Waals surface area contributed by atoms with Gasteiger partial charge in [-0.15, -0.1) is 0 Å². The number of non-ortho nitro benzene ring substituents is 1. The highest BCUT2D eigenvalue weighted by Crippen LogP contribution is 2.15. The molecule has 2 aromatic carbocycles. The normalized spacial score (nSPS) is 12.2. The van der Waals surface area contributed by atoms with Crippen molar-refractivity contribution in [3.8, 4) is 0 Å². The number of thioether (sulfide) groups is 1. The number of benzene rings is 2. The molecule has 1 unspecified atom stereocenters. The predicted molar refractivity (Wildman–Crippen MR) is 118 cm³/mol. The van der Waals surface area contributed by atoms with Crippen LogP contribution in [0.2, 0.25) is 0 Å². The van der Waals surface area contributed by atoms with E-state index < -0.39 is 26.9 Å². The third-order valence-electron chi connectivity index (χ3n) is 4.11. The van der Waals surface area contributed by atoms with Gasteiger partial charge < -0.3 is 10.6 Å². The molecule has 0 aliphatic carbocycles. The first-order valence-corrected chi connectivity index (χ1v) is 12.0. The quantitative estimate of drug-likeness (QED) is 0.256. The molecule has 0 radical (unpaired) electrons. The Hall–Kier alpha value is -2.63. The van der Waals surface area contributed by atoms with E-state index in [1.165, 1.54) is 36.0 Å². The van der Waals surface area contributed by atoms with Crippen LogP contribution in [0.15, 0.2) is 59.5 Å². The number of nitrogens with one attached hydrogen (secondary N) is 3. The number of amides is 1. The number of hydrogen-bond acceptors (Lipinski definition) is 7. The number of hydrogen-bond donors (Lipinski definition) is 3. The maximum atomic E-state index is 12.5. The average Bonchev–Trinajstić information content (AvgIpc) is 2.75. The highest BCUT2D eigenvalue weighted by molar-refractivity contribution is 7.98. The van der Waals surface area contributed by atoms with Crippen LogP contribution in [0.1, 0.15) is 6.42 Å². The lowest BCUT2D eigenvalue weighted by Gasteiger charge is -2.18. The van der Waals surface area contributed by atoms with E-state index in [4.69, 9.17) is 0 Å². The first-order chi connectivity index (χ1) is 14.3. The molecule has 9 nitrogen and oxygen atoms in total. The van der Waals surface area contributed by atoms with Crippen molar-refractivity contribution in [1.29, 1.82) is 0 Å². The minimum atomic E-state index is -3.81. The van der Waals surface area contributed by atoms with Crippen LogP contribution in [0.5, 0.6) is 0 Å². The summed E-state index contributed by atoms with van der Waals surface area (Å²) in [5, 5.41) is 16.4. The van der Waals surface area contributed by atoms with Crippen molar-refractivity contribution in [3.63, 3.8) is 0 Å². The summed E-state index contributed by atoms with van der Waals surface area (Å²) in [4.78, 5) is 22.8. The summed E-state index contributed by atoms with van der Waals surface area (Å²) in [7, 11) is -3.81. The number of nitro benzene ring substituents is 1. The van der Waals surface area contributed by atoms with Gasteiger partial charge in [0, 0.05) is 30.9 Å². The Balaban J connectivity index is 1.89. The van der Waals surface area contributed by atoms with Crippen LogP contribution >= 0.6 is 11.8 Å². The minimum Gasteiger partial charge on any atom is -0.383 e. The molecule has 2 aromatic rings. The molecule has 0 saturated carbocycles. The molecule has 1 amide bonds. The Kier molecular flexibility index (Phi) is 9.09. The van der Waals surface area contributed by atoms with E-state index in [-0.39, 0.29) is 17.1 Å². The molecule has 30 heavy (non-hydrogen) atoms. The summed E-state index contributed by atoms with van der Waals surface area (Å²) in [6.07, 6.45) is 2.24. The van der Waals surface area contributed by atoms with Crippen LogP contribution in [-0.2, 0) is 14.8 Å². The van der Waals surface area contributed by atoms with Crippen molar-refractivity contribution in [1.82, 2.24) is 10.0 Å². The van der Waals surface area contributed by atoms with Gasteiger partial charge in [0.15, 0.2) is 0 Å². The predicted octanol–water partition coefficient (Wildman–Crippen LogP) is 2.22. The zero-order chi connectivity index (χ0) is 22.0. The molecule has 162 valence electrons. The number of nitrogens with zero attached hydrogens (tertiary/aromatic N) is 1. The smallest absolute Gasteiger partial charge is 0.269 e. The highest BCUT2D eigenvalue weighted by atomic mass is 32.2. The van der Waals surface area contributed by atoms with Crippen LogP contribution in [-0.4, -0.2) is 50.4 Å². The zero-order valence-electron chi connectivity index (χ0n) is 16.4. The van der Waals surface area contributed by atoms with Gasteiger partial charge in [0.05, 0.1) is 9.82 Å². The van der Waals surface area contributed by atoms with Crippen molar-refractivity contribution < 1.29 is 18.1 Å². The summed E-state index contributed by atoms with van der Waals surface area (Å²) < 4.78 is 27.6. The number of sulfonamides is 1. The molecule has 0 bridgehead atoms. The zero-order valence-corrected chi connectivity index (χ0v) is 18.0. The van der Waals surface area contributed by atoms with E-state index in [9.17, 15) is 23.3 Å². The number of carbonyl (C=O) groups excluding carboxylic acids is 1. The molecule has 0 aromatic heterocycles.